The first-order valence-corrected chi connectivity index (χ1v) is 5.53. The van der Waals surface area contributed by atoms with Crippen LogP contribution in [0.1, 0.15) is 0 Å². The molecule has 6 nitrogen and oxygen atoms in total. The smallest absolute Gasteiger partial charge is 0.255 e. The van der Waals surface area contributed by atoms with Crippen molar-refractivity contribution < 1.29 is 0 Å². The summed E-state index contributed by atoms with van der Waals surface area (Å²) in [6, 6.07) is 5.39. The lowest BCUT2D eigenvalue weighted by Gasteiger charge is -2.03. The lowest BCUT2D eigenvalue weighted by molar-refractivity contribution is 0.797. The fraction of sp³-hybridized carbons (Fsp3) is 0. The molecule has 0 radical (unpaired) electrons. The second-order valence-electron chi connectivity index (χ2n) is 3.41. The van der Waals surface area contributed by atoms with E-state index in [4.69, 9.17) is 11.6 Å². The molecule has 3 aromatic rings. The summed E-state index contributed by atoms with van der Waals surface area (Å²) in [7, 11) is 0. The number of hydrogen-bond donors (Lipinski definition) is 0. The van der Waals surface area contributed by atoms with Gasteiger partial charge in [-0.15, -0.1) is 0 Å². The minimum atomic E-state index is 0.127. The predicted molar refractivity (Wildman–Crippen MR) is 65.2 cm³/mol. The zero-order chi connectivity index (χ0) is 12.4. The summed E-state index contributed by atoms with van der Waals surface area (Å²) in [4.78, 5) is 16.4. The normalized spacial score (nSPS) is 10.5. The first-order valence-electron chi connectivity index (χ1n) is 5.15. The number of aromatic nitrogens is 6. The summed E-state index contributed by atoms with van der Waals surface area (Å²) >= 11 is 5.90. The number of pyridine rings is 1. The van der Waals surface area contributed by atoms with Gasteiger partial charge in [0.25, 0.3) is 5.95 Å². The maximum atomic E-state index is 5.90. The van der Waals surface area contributed by atoms with Crippen LogP contribution in [0.2, 0.25) is 5.28 Å². The topological polar surface area (TPSA) is 69.4 Å². The zero-order valence-corrected chi connectivity index (χ0v) is 9.86. The van der Waals surface area contributed by atoms with Crippen molar-refractivity contribution in [3.63, 3.8) is 0 Å². The van der Waals surface area contributed by atoms with Gasteiger partial charge >= 0.3 is 0 Å². The average Bonchev–Trinajstić information content (AvgIpc) is 2.93. The summed E-state index contributed by atoms with van der Waals surface area (Å²) in [6.07, 6.45) is 6.72. The molecule has 0 N–H and O–H groups in total. The van der Waals surface area contributed by atoms with Crippen molar-refractivity contribution in [1.29, 1.82) is 0 Å². The third kappa shape index (κ3) is 2.05. The van der Waals surface area contributed by atoms with Crippen molar-refractivity contribution in [3.05, 3.63) is 48.3 Å². The fourth-order valence-electron chi connectivity index (χ4n) is 1.46. The number of halogens is 1. The van der Waals surface area contributed by atoms with E-state index in [9.17, 15) is 0 Å². The van der Waals surface area contributed by atoms with Crippen molar-refractivity contribution in [1.82, 2.24) is 29.7 Å². The molecule has 0 amide bonds. The van der Waals surface area contributed by atoms with Gasteiger partial charge in [0.1, 0.15) is 0 Å². The van der Waals surface area contributed by atoms with Gasteiger partial charge in [-0.3, -0.25) is 4.98 Å². The van der Waals surface area contributed by atoms with Crippen LogP contribution >= 0.6 is 11.6 Å². The van der Waals surface area contributed by atoms with Crippen LogP contribution in [0.5, 0.6) is 0 Å². The van der Waals surface area contributed by atoms with Crippen LogP contribution < -0.4 is 0 Å². The second-order valence-corrected chi connectivity index (χ2v) is 3.75. The van der Waals surface area contributed by atoms with E-state index in [1.807, 2.05) is 0 Å². The lowest BCUT2D eigenvalue weighted by Crippen LogP contribution is -2.04. The standard InChI is InChI=1S/C11H7ClN6/c12-10-15-9(8-2-5-13-6-3-8)16-11(17-10)18-7-1-4-14-18/h1-7H. The molecule has 0 aromatic carbocycles. The Morgan fingerprint density at radius 3 is 2.56 bits per heavy atom. The van der Waals surface area contributed by atoms with Crippen LogP contribution in [0.3, 0.4) is 0 Å². The molecule has 88 valence electrons. The average molecular weight is 259 g/mol. The van der Waals surface area contributed by atoms with Crippen LogP contribution in [0, 0.1) is 0 Å². The molecule has 3 heterocycles. The van der Waals surface area contributed by atoms with E-state index < -0.39 is 0 Å². The first-order chi connectivity index (χ1) is 8.83. The van der Waals surface area contributed by atoms with E-state index in [1.54, 1.807) is 43.0 Å². The predicted octanol–water partition coefficient (Wildman–Crippen LogP) is 1.77. The molecule has 3 aromatic heterocycles. The van der Waals surface area contributed by atoms with Crippen molar-refractivity contribution in [2.75, 3.05) is 0 Å². The van der Waals surface area contributed by atoms with Crippen molar-refractivity contribution in [2.24, 2.45) is 0 Å². The zero-order valence-electron chi connectivity index (χ0n) is 9.10. The molecule has 3 rings (SSSR count). The Morgan fingerprint density at radius 2 is 1.83 bits per heavy atom. The van der Waals surface area contributed by atoms with Gasteiger partial charge in [-0.2, -0.15) is 20.1 Å². The van der Waals surface area contributed by atoms with Crippen LogP contribution in [-0.2, 0) is 0 Å². The Hall–Kier alpha value is -2.34. The van der Waals surface area contributed by atoms with Crippen molar-refractivity contribution in [3.8, 4) is 17.3 Å². The van der Waals surface area contributed by atoms with E-state index in [0.29, 0.717) is 11.8 Å². The molecule has 0 aliphatic heterocycles. The van der Waals surface area contributed by atoms with E-state index in [1.165, 1.54) is 4.68 Å². The molecule has 0 aliphatic carbocycles. The molecule has 0 saturated heterocycles. The fourth-order valence-corrected chi connectivity index (χ4v) is 1.61. The highest BCUT2D eigenvalue weighted by Crippen LogP contribution is 2.16. The number of nitrogens with zero attached hydrogens (tertiary/aromatic N) is 6. The maximum absolute atomic E-state index is 5.90. The minimum absolute atomic E-state index is 0.127. The maximum Gasteiger partial charge on any atom is 0.255 e. The third-order valence-electron chi connectivity index (χ3n) is 2.24. The first kappa shape index (κ1) is 10.8. The van der Waals surface area contributed by atoms with E-state index in [0.717, 1.165) is 5.56 Å². The Bertz CT molecular complexity index is 653. The highest BCUT2D eigenvalue weighted by atomic mass is 35.5. The summed E-state index contributed by atoms with van der Waals surface area (Å²) in [6.45, 7) is 0. The third-order valence-corrected chi connectivity index (χ3v) is 2.41. The van der Waals surface area contributed by atoms with Gasteiger partial charge in [0, 0.05) is 30.4 Å². The van der Waals surface area contributed by atoms with Gasteiger partial charge in [0.05, 0.1) is 0 Å². The van der Waals surface area contributed by atoms with Crippen LogP contribution in [0.15, 0.2) is 43.0 Å². The van der Waals surface area contributed by atoms with E-state index >= 15 is 0 Å². The highest BCUT2D eigenvalue weighted by Gasteiger charge is 2.08. The van der Waals surface area contributed by atoms with Gasteiger partial charge in [-0.1, -0.05) is 0 Å². The number of hydrogen-bond acceptors (Lipinski definition) is 5. The quantitative estimate of drug-likeness (QED) is 0.701. The number of rotatable bonds is 2. The Kier molecular flexibility index (Phi) is 2.70. The molecule has 0 fully saturated rings. The molecule has 0 atom stereocenters. The van der Waals surface area contributed by atoms with Crippen LogP contribution in [0.25, 0.3) is 17.3 Å². The summed E-state index contributed by atoms with van der Waals surface area (Å²) in [5.41, 5.74) is 0.822. The van der Waals surface area contributed by atoms with E-state index in [-0.39, 0.29) is 5.28 Å². The molecule has 18 heavy (non-hydrogen) atoms. The molecule has 0 saturated carbocycles. The van der Waals surface area contributed by atoms with Gasteiger partial charge in [-0.25, -0.2) is 4.68 Å². The molecule has 0 bridgehead atoms. The minimum Gasteiger partial charge on any atom is -0.265 e. The van der Waals surface area contributed by atoms with Gasteiger partial charge in [0.2, 0.25) is 5.28 Å². The molecule has 0 unspecified atom stereocenters. The van der Waals surface area contributed by atoms with Gasteiger partial charge in [0.15, 0.2) is 5.82 Å². The second kappa shape index (κ2) is 4.50. The highest BCUT2D eigenvalue weighted by molar-refractivity contribution is 6.28. The largest absolute Gasteiger partial charge is 0.265 e. The van der Waals surface area contributed by atoms with Crippen molar-refractivity contribution in [2.45, 2.75) is 0 Å². The molecular weight excluding hydrogens is 252 g/mol. The SMILES string of the molecule is Clc1nc(-c2ccncc2)nc(-n2cccn2)n1. The molecule has 0 aliphatic rings. The Morgan fingerprint density at radius 1 is 1.00 bits per heavy atom. The molecular formula is C11H7ClN6. The molecule has 7 heteroatoms. The summed E-state index contributed by atoms with van der Waals surface area (Å²) < 4.78 is 1.53. The van der Waals surface area contributed by atoms with Crippen molar-refractivity contribution >= 4 is 11.6 Å². The summed E-state index contributed by atoms with van der Waals surface area (Å²) in [5, 5.41) is 4.18. The van der Waals surface area contributed by atoms with Crippen LogP contribution in [-0.4, -0.2) is 29.7 Å². The van der Waals surface area contributed by atoms with Gasteiger partial charge in [-0.05, 0) is 29.8 Å². The Balaban J connectivity index is 2.12. The summed E-state index contributed by atoms with van der Waals surface area (Å²) in [5.74, 6) is 0.870. The van der Waals surface area contributed by atoms with Crippen LogP contribution in [0.4, 0.5) is 0 Å². The lowest BCUT2D eigenvalue weighted by atomic mass is 10.2. The molecule has 0 spiro atoms. The monoisotopic (exact) mass is 258 g/mol. The van der Waals surface area contributed by atoms with E-state index in [2.05, 4.69) is 25.0 Å². The van der Waals surface area contributed by atoms with Gasteiger partial charge < -0.3 is 0 Å². The Labute approximate surface area is 107 Å².